The van der Waals surface area contributed by atoms with Crippen LogP contribution in [-0.4, -0.2) is 78.1 Å². The van der Waals surface area contributed by atoms with Crippen LogP contribution in [0.2, 0.25) is 0 Å². The van der Waals surface area contributed by atoms with Crippen molar-refractivity contribution in [3.63, 3.8) is 0 Å². The molecule has 7 aliphatic rings. The highest BCUT2D eigenvalue weighted by atomic mass is 16.6. The molecule has 0 aromatic heterocycles. The van der Waals surface area contributed by atoms with Crippen LogP contribution in [0.4, 0.5) is 0 Å². The van der Waals surface area contributed by atoms with E-state index in [1.54, 1.807) is 0 Å². The van der Waals surface area contributed by atoms with Crippen LogP contribution in [-0.2, 0) is 14.3 Å². The zero-order valence-corrected chi connectivity index (χ0v) is 21.5. The lowest BCUT2D eigenvalue weighted by molar-refractivity contribution is -0.212. The SMILES string of the molecule is CNC1([C@@H](C(=O)OC23CC4CC(C2)CC([C@H](N)C(=O)N2[C@H](C#N)C[C@@H]5C[C@@H]52)(C4)C3)N(C)C)CCC1. The number of hydrogen-bond acceptors (Lipinski definition) is 7. The Morgan fingerprint density at radius 2 is 1.83 bits per heavy atom. The molecule has 0 aromatic rings. The smallest absolute Gasteiger partial charge is 0.325 e. The van der Waals surface area contributed by atoms with Crippen molar-refractivity contribution in [2.45, 2.75) is 106 Å². The third kappa shape index (κ3) is 3.48. The summed E-state index contributed by atoms with van der Waals surface area (Å²) in [7, 11) is 5.88. The maximum atomic E-state index is 13.8. The van der Waals surface area contributed by atoms with Gasteiger partial charge < -0.3 is 20.7 Å². The molecule has 1 amide bonds. The molecule has 7 fully saturated rings. The van der Waals surface area contributed by atoms with Crippen LogP contribution in [0.25, 0.3) is 0 Å². The Kier molecular flexibility index (Phi) is 5.35. The first kappa shape index (κ1) is 23.7. The van der Waals surface area contributed by atoms with Crippen molar-refractivity contribution in [3.8, 4) is 6.07 Å². The van der Waals surface area contributed by atoms with Gasteiger partial charge >= 0.3 is 5.97 Å². The Balaban J connectivity index is 1.24. The van der Waals surface area contributed by atoms with Gasteiger partial charge in [0.25, 0.3) is 0 Å². The number of piperidine rings is 1. The predicted octanol–water partition coefficient (Wildman–Crippen LogP) is 1.78. The average Bonchev–Trinajstić information content (AvgIpc) is 3.43. The van der Waals surface area contributed by atoms with E-state index < -0.39 is 11.6 Å². The molecule has 7 rings (SSSR count). The standard InChI is InChI=1S/C27H41N5O3/c1-30-27(5-4-6-27)22(31(2)3)24(34)35-26-12-16-7-17(13-26)11-25(10-16,15-26)21(29)23(33)32-19(14-28)8-18-9-20(18)32/h16-22,30H,4-13,15,29H2,1-3H3/t16?,17?,18-,19+,20+,21-,22-,25?,26?/m1/s1. The van der Waals surface area contributed by atoms with Crippen molar-refractivity contribution >= 4 is 11.9 Å². The number of nitrogens with two attached hydrogens (primary N) is 1. The van der Waals surface area contributed by atoms with Crippen LogP contribution in [0.5, 0.6) is 0 Å². The summed E-state index contributed by atoms with van der Waals surface area (Å²) in [6, 6.07) is 1.27. The average molecular weight is 484 g/mol. The van der Waals surface area contributed by atoms with E-state index in [4.69, 9.17) is 10.5 Å². The lowest BCUT2D eigenvalue weighted by atomic mass is 9.46. The number of esters is 1. The topological polar surface area (TPSA) is 112 Å². The summed E-state index contributed by atoms with van der Waals surface area (Å²) in [5.41, 5.74) is 5.77. The molecule has 7 atom stereocenters. The van der Waals surface area contributed by atoms with Crippen molar-refractivity contribution in [1.29, 1.82) is 5.26 Å². The number of fused-ring (bicyclic) bond motifs is 1. The molecule has 2 unspecified atom stereocenters. The first-order valence-corrected chi connectivity index (χ1v) is 13.7. The maximum Gasteiger partial charge on any atom is 0.325 e. The van der Waals surface area contributed by atoms with Gasteiger partial charge in [0.05, 0.1) is 12.1 Å². The molecule has 8 nitrogen and oxygen atoms in total. The van der Waals surface area contributed by atoms with Gasteiger partial charge in [0.1, 0.15) is 17.7 Å². The lowest BCUT2D eigenvalue weighted by Gasteiger charge is -2.63. The molecule has 1 aliphatic heterocycles. The molecular formula is C27H41N5O3. The Bertz CT molecular complexity index is 935. The number of carbonyl (C=O) groups excluding carboxylic acids is 2. The van der Waals surface area contributed by atoms with Gasteiger partial charge in [-0.15, -0.1) is 0 Å². The molecule has 0 spiro atoms. The Hall–Kier alpha value is -1.69. The van der Waals surface area contributed by atoms with Gasteiger partial charge in [-0.05, 0) is 115 Å². The molecule has 1 heterocycles. The first-order chi connectivity index (χ1) is 16.6. The quantitative estimate of drug-likeness (QED) is 0.531. The molecule has 3 N–H and O–H groups in total. The van der Waals surface area contributed by atoms with E-state index in [0.29, 0.717) is 24.2 Å². The van der Waals surface area contributed by atoms with E-state index in [1.807, 2.05) is 30.9 Å². The number of ether oxygens (including phenoxy) is 1. The third-order valence-corrected chi connectivity index (χ3v) is 10.8. The summed E-state index contributed by atoms with van der Waals surface area (Å²) >= 11 is 0. The minimum Gasteiger partial charge on any atom is -0.458 e. The second kappa shape index (κ2) is 7.90. The summed E-state index contributed by atoms with van der Waals surface area (Å²) < 4.78 is 6.56. The number of carbonyl (C=O) groups is 2. The van der Waals surface area contributed by atoms with Gasteiger partial charge in [0.15, 0.2) is 0 Å². The molecule has 0 aromatic carbocycles. The number of rotatable bonds is 7. The number of nitrogens with zero attached hydrogens (tertiary/aromatic N) is 3. The lowest BCUT2D eigenvalue weighted by Crippen LogP contribution is -2.68. The molecule has 0 radical (unpaired) electrons. The summed E-state index contributed by atoms with van der Waals surface area (Å²) in [6.45, 7) is 0. The minimum absolute atomic E-state index is 0.0419. The van der Waals surface area contributed by atoms with Gasteiger partial charge in [-0.1, -0.05) is 0 Å². The molecule has 1 saturated heterocycles. The van der Waals surface area contributed by atoms with Crippen LogP contribution in [0.3, 0.4) is 0 Å². The van der Waals surface area contributed by atoms with Gasteiger partial charge in [0, 0.05) is 11.6 Å². The first-order valence-electron chi connectivity index (χ1n) is 13.7. The van der Waals surface area contributed by atoms with Crippen LogP contribution >= 0.6 is 0 Å². The second-order valence-corrected chi connectivity index (χ2v) is 13.2. The molecule has 192 valence electrons. The van der Waals surface area contributed by atoms with Crippen LogP contribution in [0.15, 0.2) is 0 Å². The number of amides is 1. The number of likely N-dealkylation sites (N-methyl/N-ethyl adjacent to an activating group) is 2. The van der Waals surface area contributed by atoms with E-state index in [1.165, 1.54) is 0 Å². The van der Waals surface area contributed by atoms with E-state index in [-0.39, 0.29) is 41.0 Å². The van der Waals surface area contributed by atoms with E-state index in [2.05, 4.69) is 11.4 Å². The molecule has 6 aliphatic carbocycles. The molecule has 6 saturated carbocycles. The van der Waals surface area contributed by atoms with Gasteiger partial charge in [-0.2, -0.15) is 5.26 Å². The molecular weight excluding hydrogens is 442 g/mol. The van der Waals surface area contributed by atoms with Crippen molar-refractivity contribution < 1.29 is 14.3 Å². The zero-order chi connectivity index (χ0) is 24.8. The Labute approximate surface area is 208 Å². The predicted molar refractivity (Wildman–Crippen MR) is 130 cm³/mol. The highest BCUT2D eigenvalue weighted by Crippen LogP contribution is 2.64. The summed E-state index contributed by atoms with van der Waals surface area (Å²) in [5, 5.41) is 13.1. The fourth-order valence-electron chi connectivity index (χ4n) is 9.46. The molecule has 4 bridgehead atoms. The summed E-state index contributed by atoms with van der Waals surface area (Å²) in [6.07, 6.45) is 10.3. The third-order valence-electron chi connectivity index (χ3n) is 10.8. The largest absolute Gasteiger partial charge is 0.458 e. The number of nitriles is 1. The fourth-order valence-corrected chi connectivity index (χ4v) is 9.46. The fraction of sp³-hybridized carbons (Fsp3) is 0.889. The Morgan fingerprint density at radius 3 is 2.37 bits per heavy atom. The number of hydrogen-bond donors (Lipinski definition) is 2. The second-order valence-electron chi connectivity index (χ2n) is 13.2. The normalized spacial score (nSPS) is 43.8. The zero-order valence-electron chi connectivity index (χ0n) is 21.5. The van der Waals surface area contributed by atoms with Crippen LogP contribution in [0, 0.1) is 34.5 Å². The van der Waals surface area contributed by atoms with Crippen molar-refractivity contribution in [1.82, 2.24) is 15.1 Å². The monoisotopic (exact) mass is 483 g/mol. The minimum atomic E-state index is -0.624. The van der Waals surface area contributed by atoms with Gasteiger partial charge in [-0.3, -0.25) is 14.5 Å². The number of nitrogens with one attached hydrogen (secondary N) is 1. The van der Waals surface area contributed by atoms with E-state index in [0.717, 1.165) is 64.2 Å². The van der Waals surface area contributed by atoms with Gasteiger partial charge in [0.2, 0.25) is 5.91 Å². The Morgan fingerprint density at radius 1 is 1.14 bits per heavy atom. The number of likely N-dealkylation sites (tertiary alicyclic amines) is 1. The molecule has 8 heteroatoms. The van der Waals surface area contributed by atoms with Crippen molar-refractivity contribution in [3.05, 3.63) is 0 Å². The maximum absolute atomic E-state index is 13.8. The summed E-state index contributed by atoms with van der Waals surface area (Å²) in [5.74, 6) is 1.20. The van der Waals surface area contributed by atoms with E-state index >= 15 is 0 Å². The van der Waals surface area contributed by atoms with Crippen molar-refractivity contribution in [2.24, 2.45) is 28.9 Å². The van der Waals surface area contributed by atoms with Gasteiger partial charge in [-0.25, -0.2) is 0 Å². The van der Waals surface area contributed by atoms with Crippen molar-refractivity contribution in [2.75, 3.05) is 21.1 Å². The summed E-state index contributed by atoms with van der Waals surface area (Å²) in [4.78, 5) is 31.3. The van der Waals surface area contributed by atoms with E-state index in [9.17, 15) is 14.9 Å². The highest BCUT2D eigenvalue weighted by molar-refractivity contribution is 5.84. The van der Waals surface area contributed by atoms with Crippen LogP contribution in [0.1, 0.15) is 70.6 Å². The van der Waals surface area contributed by atoms with Crippen LogP contribution < -0.4 is 11.1 Å². The molecule has 35 heavy (non-hydrogen) atoms. The highest BCUT2D eigenvalue weighted by Gasteiger charge is 2.65.